The Hall–Kier alpha value is -2.82. The zero-order chi connectivity index (χ0) is 21.6. The zero-order valence-corrected chi connectivity index (χ0v) is 18.1. The Bertz CT molecular complexity index is 769. The van der Waals surface area contributed by atoms with Gasteiger partial charge in [-0.1, -0.05) is 51.7 Å². The normalized spacial score (nSPS) is 10.5. The SMILES string of the molecule is CCCCCCOc1ccc(C(=O)OCC(=O)Nc2ccc(CCCC)cc2)cc1. The molecule has 0 spiro atoms. The van der Waals surface area contributed by atoms with E-state index in [0.717, 1.165) is 37.9 Å². The van der Waals surface area contributed by atoms with E-state index >= 15 is 0 Å². The fraction of sp³-hybridized carbons (Fsp3) is 0.440. The number of ether oxygens (including phenoxy) is 2. The highest BCUT2D eigenvalue weighted by Gasteiger charge is 2.11. The maximum Gasteiger partial charge on any atom is 0.338 e. The van der Waals surface area contributed by atoms with Crippen LogP contribution < -0.4 is 10.1 Å². The molecule has 0 radical (unpaired) electrons. The summed E-state index contributed by atoms with van der Waals surface area (Å²) in [6.45, 7) is 4.68. The molecule has 1 amide bonds. The first-order valence-corrected chi connectivity index (χ1v) is 10.9. The second-order valence-electron chi connectivity index (χ2n) is 7.36. The number of aryl methyl sites for hydroxylation is 1. The fourth-order valence-electron chi connectivity index (χ4n) is 2.95. The van der Waals surface area contributed by atoms with E-state index in [1.54, 1.807) is 24.3 Å². The van der Waals surface area contributed by atoms with Crippen LogP contribution in [0.5, 0.6) is 5.75 Å². The summed E-state index contributed by atoms with van der Waals surface area (Å²) in [6.07, 6.45) is 7.92. The second kappa shape index (κ2) is 13.4. The lowest BCUT2D eigenvalue weighted by molar-refractivity contribution is -0.119. The molecule has 30 heavy (non-hydrogen) atoms. The van der Waals surface area contributed by atoms with Crippen LogP contribution in [0.3, 0.4) is 0 Å². The van der Waals surface area contributed by atoms with E-state index < -0.39 is 5.97 Å². The van der Waals surface area contributed by atoms with Crippen molar-refractivity contribution in [3.63, 3.8) is 0 Å². The number of benzene rings is 2. The van der Waals surface area contributed by atoms with Gasteiger partial charge in [-0.3, -0.25) is 4.79 Å². The Morgan fingerprint density at radius 1 is 0.833 bits per heavy atom. The van der Waals surface area contributed by atoms with Crippen molar-refractivity contribution in [3.8, 4) is 5.75 Å². The highest BCUT2D eigenvalue weighted by atomic mass is 16.5. The molecular formula is C25H33NO4. The Labute approximate surface area is 179 Å². The van der Waals surface area contributed by atoms with Crippen molar-refractivity contribution < 1.29 is 19.1 Å². The van der Waals surface area contributed by atoms with Gasteiger partial charge >= 0.3 is 5.97 Å². The van der Waals surface area contributed by atoms with Crippen LogP contribution in [0.2, 0.25) is 0 Å². The van der Waals surface area contributed by atoms with Gasteiger partial charge in [-0.2, -0.15) is 0 Å². The third kappa shape index (κ3) is 8.68. The number of rotatable bonds is 13. The van der Waals surface area contributed by atoms with Crippen LogP contribution in [0, 0.1) is 0 Å². The number of carbonyl (C=O) groups is 2. The van der Waals surface area contributed by atoms with Crippen molar-refractivity contribution >= 4 is 17.6 Å². The van der Waals surface area contributed by atoms with E-state index in [4.69, 9.17) is 9.47 Å². The second-order valence-corrected chi connectivity index (χ2v) is 7.36. The summed E-state index contributed by atoms with van der Waals surface area (Å²) in [5.74, 6) is -0.172. The van der Waals surface area contributed by atoms with Crippen LogP contribution >= 0.6 is 0 Å². The van der Waals surface area contributed by atoms with Gasteiger partial charge in [0.2, 0.25) is 0 Å². The minimum absolute atomic E-state index is 0.327. The van der Waals surface area contributed by atoms with E-state index in [1.807, 2.05) is 24.3 Å². The Morgan fingerprint density at radius 2 is 1.53 bits per heavy atom. The van der Waals surface area contributed by atoms with E-state index in [9.17, 15) is 9.59 Å². The standard InChI is InChI=1S/C25H33NO4/c1-3-5-7-8-18-29-23-16-12-21(13-17-23)25(28)30-19-24(27)26-22-14-10-20(11-15-22)9-6-4-2/h10-17H,3-9,18-19H2,1-2H3,(H,26,27). The first-order chi connectivity index (χ1) is 14.6. The minimum Gasteiger partial charge on any atom is -0.494 e. The van der Waals surface area contributed by atoms with Gasteiger partial charge in [0, 0.05) is 5.69 Å². The average molecular weight is 412 g/mol. The van der Waals surface area contributed by atoms with E-state index in [-0.39, 0.29) is 12.5 Å². The number of anilines is 1. The summed E-state index contributed by atoms with van der Waals surface area (Å²) in [5.41, 5.74) is 2.33. The lowest BCUT2D eigenvalue weighted by atomic mass is 10.1. The maximum absolute atomic E-state index is 12.1. The van der Waals surface area contributed by atoms with Gasteiger partial charge in [-0.15, -0.1) is 0 Å². The molecule has 0 saturated carbocycles. The summed E-state index contributed by atoms with van der Waals surface area (Å²) in [4.78, 5) is 24.2. The predicted molar refractivity (Wildman–Crippen MR) is 120 cm³/mol. The zero-order valence-electron chi connectivity index (χ0n) is 18.1. The highest BCUT2D eigenvalue weighted by Crippen LogP contribution is 2.15. The molecule has 1 N–H and O–H groups in total. The summed E-state index contributed by atoms with van der Waals surface area (Å²) < 4.78 is 10.8. The highest BCUT2D eigenvalue weighted by molar-refractivity contribution is 5.95. The maximum atomic E-state index is 12.1. The quantitative estimate of drug-likeness (QED) is 0.335. The summed E-state index contributed by atoms with van der Waals surface area (Å²) >= 11 is 0. The summed E-state index contributed by atoms with van der Waals surface area (Å²) in [6, 6.07) is 14.5. The van der Waals surface area contributed by atoms with Gasteiger partial charge < -0.3 is 14.8 Å². The van der Waals surface area contributed by atoms with Crippen molar-refractivity contribution in [2.45, 2.75) is 58.8 Å². The number of unbranched alkanes of at least 4 members (excludes halogenated alkanes) is 4. The fourth-order valence-corrected chi connectivity index (χ4v) is 2.95. The summed E-state index contributed by atoms with van der Waals surface area (Å²) in [7, 11) is 0. The van der Waals surface area contributed by atoms with Crippen LogP contribution in [0.15, 0.2) is 48.5 Å². The largest absolute Gasteiger partial charge is 0.494 e. The molecule has 162 valence electrons. The number of hydrogen-bond acceptors (Lipinski definition) is 4. The van der Waals surface area contributed by atoms with E-state index in [0.29, 0.717) is 17.9 Å². The van der Waals surface area contributed by atoms with Crippen molar-refractivity contribution in [2.24, 2.45) is 0 Å². The van der Waals surface area contributed by atoms with Crippen molar-refractivity contribution in [1.29, 1.82) is 0 Å². The van der Waals surface area contributed by atoms with E-state index in [2.05, 4.69) is 19.2 Å². The van der Waals surface area contributed by atoms with Crippen LogP contribution in [-0.2, 0) is 16.0 Å². The molecule has 0 saturated heterocycles. The molecule has 0 aliphatic rings. The number of nitrogens with one attached hydrogen (secondary N) is 1. The van der Waals surface area contributed by atoms with Crippen molar-refractivity contribution in [1.82, 2.24) is 0 Å². The molecule has 2 aromatic rings. The molecule has 0 unspecified atom stereocenters. The molecule has 0 bridgehead atoms. The third-order valence-corrected chi connectivity index (χ3v) is 4.75. The molecule has 0 atom stereocenters. The predicted octanol–water partition coefficient (Wildman–Crippen LogP) is 5.78. The molecule has 0 aromatic heterocycles. The first-order valence-electron chi connectivity index (χ1n) is 10.9. The van der Waals surface area contributed by atoms with Gasteiger partial charge in [0.25, 0.3) is 5.91 Å². The molecule has 0 heterocycles. The molecular weight excluding hydrogens is 378 g/mol. The average Bonchev–Trinajstić information content (AvgIpc) is 2.77. The van der Waals surface area contributed by atoms with Crippen LogP contribution in [0.25, 0.3) is 0 Å². The number of amides is 1. The van der Waals surface area contributed by atoms with Gasteiger partial charge in [0.05, 0.1) is 12.2 Å². The number of esters is 1. The first kappa shape index (κ1) is 23.5. The van der Waals surface area contributed by atoms with Gasteiger partial charge in [0.1, 0.15) is 5.75 Å². The number of hydrogen-bond donors (Lipinski definition) is 1. The molecule has 5 nitrogen and oxygen atoms in total. The summed E-state index contributed by atoms with van der Waals surface area (Å²) in [5, 5.41) is 2.74. The molecule has 2 rings (SSSR count). The topological polar surface area (TPSA) is 64.6 Å². The van der Waals surface area contributed by atoms with E-state index in [1.165, 1.54) is 18.4 Å². The van der Waals surface area contributed by atoms with Gasteiger partial charge in [0.15, 0.2) is 6.61 Å². The van der Waals surface area contributed by atoms with Crippen LogP contribution in [0.1, 0.15) is 68.3 Å². The molecule has 0 fully saturated rings. The van der Waals surface area contributed by atoms with Crippen LogP contribution in [-0.4, -0.2) is 25.1 Å². The smallest absolute Gasteiger partial charge is 0.338 e. The Kier molecular flexibility index (Phi) is 10.5. The van der Waals surface area contributed by atoms with Gasteiger partial charge in [-0.05, 0) is 61.2 Å². The van der Waals surface area contributed by atoms with Crippen molar-refractivity contribution in [2.75, 3.05) is 18.5 Å². The Morgan fingerprint density at radius 3 is 2.20 bits per heavy atom. The van der Waals surface area contributed by atoms with Crippen molar-refractivity contribution in [3.05, 3.63) is 59.7 Å². The van der Waals surface area contributed by atoms with Gasteiger partial charge in [-0.25, -0.2) is 4.79 Å². The third-order valence-electron chi connectivity index (χ3n) is 4.75. The molecule has 2 aromatic carbocycles. The molecule has 5 heteroatoms. The Balaban J connectivity index is 1.72. The lowest BCUT2D eigenvalue weighted by Gasteiger charge is -2.09. The minimum atomic E-state index is -0.533. The monoisotopic (exact) mass is 411 g/mol. The van der Waals surface area contributed by atoms with Crippen LogP contribution in [0.4, 0.5) is 5.69 Å². The molecule has 0 aliphatic carbocycles. The lowest BCUT2D eigenvalue weighted by Crippen LogP contribution is -2.20. The number of carbonyl (C=O) groups excluding carboxylic acids is 2. The molecule has 0 aliphatic heterocycles.